The van der Waals surface area contributed by atoms with E-state index >= 15 is 0 Å². The van der Waals surface area contributed by atoms with Crippen molar-refractivity contribution >= 4 is 28.1 Å². The van der Waals surface area contributed by atoms with Crippen LogP contribution in [0, 0.1) is 5.82 Å². The Morgan fingerprint density at radius 1 is 1.06 bits per heavy atom. The molecular formula is C25H26FN3O2. The van der Waals surface area contributed by atoms with E-state index in [0.717, 1.165) is 49.7 Å². The van der Waals surface area contributed by atoms with E-state index in [2.05, 4.69) is 45.4 Å². The van der Waals surface area contributed by atoms with Gasteiger partial charge in [-0.15, -0.1) is 0 Å². The minimum atomic E-state index is -0.291. The molecule has 0 saturated carbocycles. The molecule has 0 spiro atoms. The number of nitrogens with one attached hydrogen (secondary N) is 1. The van der Waals surface area contributed by atoms with Crippen molar-refractivity contribution in [2.45, 2.75) is 12.3 Å². The summed E-state index contributed by atoms with van der Waals surface area (Å²) in [6, 6.07) is 17.1. The Bertz CT molecular complexity index is 1120. The number of amides is 1. The molecule has 0 radical (unpaired) electrons. The van der Waals surface area contributed by atoms with E-state index in [9.17, 15) is 9.18 Å². The lowest BCUT2D eigenvalue weighted by Crippen LogP contribution is -2.47. The third-order valence-corrected chi connectivity index (χ3v) is 6.48. The van der Waals surface area contributed by atoms with Gasteiger partial charge in [-0.25, -0.2) is 4.39 Å². The zero-order valence-electron chi connectivity index (χ0n) is 17.6. The molecule has 2 aliphatic rings. The van der Waals surface area contributed by atoms with Gasteiger partial charge in [-0.3, -0.25) is 9.69 Å². The van der Waals surface area contributed by atoms with Crippen LogP contribution in [0.4, 0.5) is 15.8 Å². The minimum Gasteiger partial charge on any atom is -0.497 e. The third kappa shape index (κ3) is 3.83. The number of hydrogen-bond acceptors (Lipinski definition) is 4. The first-order valence-corrected chi connectivity index (χ1v) is 10.8. The summed E-state index contributed by atoms with van der Waals surface area (Å²) in [7, 11) is 1.69. The van der Waals surface area contributed by atoms with Crippen LogP contribution < -0.4 is 15.0 Å². The highest BCUT2D eigenvalue weighted by molar-refractivity contribution is 6.02. The van der Waals surface area contributed by atoms with Gasteiger partial charge in [0, 0.05) is 42.9 Å². The quantitative estimate of drug-likeness (QED) is 0.672. The summed E-state index contributed by atoms with van der Waals surface area (Å²) >= 11 is 0. The van der Waals surface area contributed by atoms with Crippen molar-refractivity contribution in [1.29, 1.82) is 0 Å². The van der Waals surface area contributed by atoms with Crippen LogP contribution >= 0.6 is 0 Å². The predicted octanol–water partition coefficient (Wildman–Crippen LogP) is 4.24. The van der Waals surface area contributed by atoms with Crippen LogP contribution in [0.3, 0.4) is 0 Å². The average Bonchev–Trinajstić information content (AvgIpc) is 3.11. The van der Waals surface area contributed by atoms with Gasteiger partial charge in [0.2, 0.25) is 5.91 Å². The molecule has 1 amide bonds. The third-order valence-electron chi connectivity index (χ3n) is 6.48. The smallest absolute Gasteiger partial charge is 0.232 e. The van der Waals surface area contributed by atoms with Crippen LogP contribution in [0.15, 0.2) is 54.6 Å². The molecule has 0 aromatic heterocycles. The van der Waals surface area contributed by atoms with Crippen molar-refractivity contribution < 1.29 is 13.9 Å². The molecule has 31 heavy (non-hydrogen) atoms. The van der Waals surface area contributed by atoms with E-state index in [1.165, 1.54) is 28.6 Å². The standard InChI is InChI=1S/C25H26FN3O2/c1-31-19-7-5-17-3-2-4-24(21(17)16-19)29-13-11-28(12-14-29)10-9-20-22-15-18(26)6-8-23(22)27-25(20)30/h2-8,15-16,20H,9-14H2,1H3,(H,27,30). The second-order valence-electron chi connectivity index (χ2n) is 8.25. The van der Waals surface area contributed by atoms with Crippen LogP contribution in [0.2, 0.25) is 0 Å². The fourth-order valence-corrected chi connectivity index (χ4v) is 4.75. The highest BCUT2D eigenvalue weighted by Gasteiger charge is 2.31. The zero-order valence-corrected chi connectivity index (χ0v) is 17.6. The maximum Gasteiger partial charge on any atom is 0.232 e. The number of benzene rings is 3. The fourth-order valence-electron chi connectivity index (χ4n) is 4.75. The van der Waals surface area contributed by atoms with Gasteiger partial charge in [-0.05, 0) is 60.3 Å². The number of carbonyl (C=O) groups excluding carboxylic acids is 1. The van der Waals surface area contributed by atoms with Crippen molar-refractivity contribution in [2.75, 3.05) is 50.1 Å². The first-order valence-electron chi connectivity index (χ1n) is 10.8. The molecule has 3 aromatic carbocycles. The Labute approximate surface area is 181 Å². The number of anilines is 2. The molecule has 160 valence electrons. The van der Waals surface area contributed by atoms with Gasteiger partial charge in [0.05, 0.1) is 13.0 Å². The lowest BCUT2D eigenvalue weighted by molar-refractivity contribution is -0.117. The molecule has 0 bridgehead atoms. The minimum absolute atomic E-state index is 0.0241. The lowest BCUT2D eigenvalue weighted by atomic mass is 9.96. The summed E-state index contributed by atoms with van der Waals surface area (Å²) < 4.78 is 19.1. The number of piperazine rings is 1. The summed E-state index contributed by atoms with van der Waals surface area (Å²) in [5.74, 6) is 0.281. The van der Waals surface area contributed by atoms with Gasteiger partial charge in [-0.2, -0.15) is 0 Å². The first-order chi connectivity index (χ1) is 15.1. The first kappa shape index (κ1) is 19.8. The van der Waals surface area contributed by atoms with Gasteiger partial charge in [-0.1, -0.05) is 18.2 Å². The molecule has 1 unspecified atom stereocenters. The van der Waals surface area contributed by atoms with Gasteiger partial charge in [0.25, 0.3) is 0 Å². The van der Waals surface area contributed by atoms with Gasteiger partial charge in [0.15, 0.2) is 0 Å². The molecule has 0 aliphatic carbocycles. The SMILES string of the molecule is COc1ccc2cccc(N3CCN(CCC4C(=O)Nc5ccc(F)cc54)CC3)c2c1. The Kier molecular flexibility index (Phi) is 5.24. The van der Waals surface area contributed by atoms with Gasteiger partial charge in [0.1, 0.15) is 11.6 Å². The lowest BCUT2D eigenvalue weighted by Gasteiger charge is -2.37. The number of rotatable bonds is 5. The zero-order chi connectivity index (χ0) is 21.4. The number of fused-ring (bicyclic) bond motifs is 2. The van der Waals surface area contributed by atoms with Crippen molar-refractivity contribution in [1.82, 2.24) is 4.90 Å². The Balaban J connectivity index is 1.23. The second kappa shape index (κ2) is 8.19. The highest BCUT2D eigenvalue weighted by atomic mass is 19.1. The topological polar surface area (TPSA) is 44.8 Å². The molecule has 1 saturated heterocycles. The second-order valence-corrected chi connectivity index (χ2v) is 8.25. The number of methoxy groups -OCH3 is 1. The molecular weight excluding hydrogens is 393 g/mol. The molecule has 3 aromatic rings. The van der Waals surface area contributed by atoms with Crippen LogP contribution in [0.25, 0.3) is 10.8 Å². The monoisotopic (exact) mass is 419 g/mol. The summed E-state index contributed by atoms with van der Waals surface area (Å²) in [6.07, 6.45) is 0.702. The molecule has 1 fully saturated rings. The van der Waals surface area contributed by atoms with Crippen molar-refractivity contribution in [3.05, 3.63) is 66.0 Å². The molecule has 5 rings (SSSR count). The molecule has 2 heterocycles. The molecule has 2 aliphatic heterocycles. The van der Waals surface area contributed by atoms with Crippen molar-refractivity contribution in [3.63, 3.8) is 0 Å². The van der Waals surface area contributed by atoms with Gasteiger partial charge < -0.3 is 15.0 Å². The molecule has 1 atom stereocenters. The maximum atomic E-state index is 13.7. The van der Waals surface area contributed by atoms with E-state index < -0.39 is 0 Å². The number of nitrogens with zero attached hydrogens (tertiary/aromatic N) is 2. The van der Waals surface area contributed by atoms with Crippen LogP contribution in [-0.2, 0) is 4.79 Å². The number of hydrogen-bond donors (Lipinski definition) is 1. The van der Waals surface area contributed by atoms with E-state index in [1.54, 1.807) is 13.2 Å². The van der Waals surface area contributed by atoms with Crippen LogP contribution in [0.1, 0.15) is 17.9 Å². The highest BCUT2D eigenvalue weighted by Crippen LogP contribution is 2.35. The van der Waals surface area contributed by atoms with Crippen LogP contribution in [-0.4, -0.2) is 50.6 Å². The van der Waals surface area contributed by atoms with E-state index in [4.69, 9.17) is 4.74 Å². The van der Waals surface area contributed by atoms with E-state index in [0.29, 0.717) is 6.42 Å². The van der Waals surface area contributed by atoms with Crippen molar-refractivity contribution in [3.8, 4) is 5.75 Å². The summed E-state index contributed by atoms with van der Waals surface area (Å²) in [4.78, 5) is 17.2. The maximum absolute atomic E-state index is 13.7. The van der Waals surface area contributed by atoms with Gasteiger partial charge >= 0.3 is 0 Å². The van der Waals surface area contributed by atoms with E-state index in [-0.39, 0.29) is 17.6 Å². The number of halogens is 1. The van der Waals surface area contributed by atoms with Crippen LogP contribution in [0.5, 0.6) is 5.75 Å². The number of carbonyl (C=O) groups is 1. The Morgan fingerprint density at radius 3 is 2.71 bits per heavy atom. The molecule has 1 N–H and O–H groups in total. The Hall–Kier alpha value is -3.12. The summed E-state index contributed by atoms with van der Waals surface area (Å²) in [5.41, 5.74) is 2.76. The molecule has 5 nitrogen and oxygen atoms in total. The van der Waals surface area contributed by atoms with Crippen molar-refractivity contribution in [2.24, 2.45) is 0 Å². The predicted molar refractivity (Wildman–Crippen MR) is 122 cm³/mol. The molecule has 6 heteroatoms. The summed E-state index contributed by atoms with van der Waals surface area (Å²) in [6.45, 7) is 4.55. The average molecular weight is 420 g/mol. The largest absolute Gasteiger partial charge is 0.497 e. The Morgan fingerprint density at radius 2 is 1.90 bits per heavy atom. The van der Waals surface area contributed by atoms with E-state index in [1.807, 2.05) is 6.07 Å². The number of ether oxygens (including phenoxy) is 1. The summed E-state index contributed by atoms with van der Waals surface area (Å²) in [5, 5.41) is 5.29. The normalized spacial score (nSPS) is 18.8. The fraction of sp³-hybridized carbons (Fsp3) is 0.320.